The van der Waals surface area contributed by atoms with Crippen LogP contribution in [0.4, 0.5) is 0 Å². The van der Waals surface area contributed by atoms with E-state index in [2.05, 4.69) is 19.1 Å². The van der Waals surface area contributed by atoms with Gasteiger partial charge in [-0.3, -0.25) is 4.79 Å². The summed E-state index contributed by atoms with van der Waals surface area (Å²) in [6.45, 7) is 5.85. The molecule has 1 aliphatic heterocycles. The quantitative estimate of drug-likeness (QED) is 0.687. The van der Waals surface area contributed by atoms with Crippen LogP contribution < -0.4 is 0 Å². The number of aryl methyl sites for hydroxylation is 1. The first-order chi connectivity index (χ1) is 15.3. The molecule has 1 atom stereocenters. The Labute approximate surface area is 193 Å². The van der Waals surface area contributed by atoms with E-state index in [0.29, 0.717) is 5.92 Å². The number of likely N-dealkylation sites (tertiary alicyclic amines) is 1. The number of hydrogen-bond donors (Lipinski definition) is 1. The van der Waals surface area contributed by atoms with Gasteiger partial charge in [-0.2, -0.15) is 9.59 Å². The highest BCUT2D eigenvalue weighted by molar-refractivity contribution is 6.31. The van der Waals surface area contributed by atoms with E-state index >= 15 is 0 Å². The largest absolute Gasteiger partial charge is 0.392 e. The van der Waals surface area contributed by atoms with Crippen LogP contribution in [0.3, 0.4) is 0 Å². The lowest BCUT2D eigenvalue weighted by molar-refractivity contribution is -0.191. The average molecular weight is 454 g/mol. The minimum atomic E-state index is 0.0328. The third-order valence-electron chi connectivity index (χ3n) is 6.76. The van der Waals surface area contributed by atoms with Crippen molar-refractivity contribution < 1.29 is 19.5 Å². The van der Waals surface area contributed by atoms with Crippen molar-refractivity contribution in [1.82, 2.24) is 4.90 Å². The minimum Gasteiger partial charge on any atom is -0.392 e. The van der Waals surface area contributed by atoms with Crippen molar-refractivity contribution in [3.05, 3.63) is 75.3 Å². The number of aliphatic hydroxyl groups excluding tert-OH is 1. The Morgan fingerprint density at radius 1 is 1.25 bits per heavy atom. The number of benzene rings is 2. The van der Waals surface area contributed by atoms with Crippen LogP contribution >= 0.6 is 11.6 Å². The fourth-order valence-electron chi connectivity index (χ4n) is 5.21. The molecule has 168 valence electrons. The fourth-order valence-corrected chi connectivity index (χ4v) is 5.59. The summed E-state index contributed by atoms with van der Waals surface area (Å²) in [5.74, 6) is 0.589. The topological polar surface area (TPSA) is 74.7 Å². The number of fused-ring (bicyclic) bond motifs is 2. The van der Waals surface area contributed by atoms with Crippen LogP contribution in [0.25, 0.3) is 6.08 Å². The molecule has 1 N–H and O–H groups in total. The molecule has 6 heteroatoms. The molecule has 2 aromatic rings. The van der Waals surface area contributed by atoms with Gasteiger partial charge >= 0.3 is 6.15 Å². The molecule has 0 aromatic heterocycles. The molecule has 1 aliphatic carbocycles. The second kappa shape index (κ2) is 10.3. The van der Waals surface area contributed by atoms with Gasteiger partial charge in [-0.1, -0.05) is 48.9 Å². The van der Waals surface area contributed by atoms with E-state index in [-0.39, 0.29) is 24.1 Å². The van der Waals surface area contributed by atoms with Gasteiger partial charge in [-0.25, -0.2) is 0 Å². The van der Waals surface area contributed by atoms with Gasteiger partial charge in [0.1, 0.15) is 0 Å². The van der Waals surface area contributed by atoms with Crippen LogP contribution in [0.1, 0.15) is 59.9 Å². The molecule has 1 unspecified atom stereocenters. The Hall–Kier alpha value is -2.72. The monoisotopic (exact) mass is 453 g/mol. The van der Waals surface area contributed by atoms with Crippen LogP contribution in [-0.2, 0) is 26.4 Å². The smallest absolute Gasteiger partial charge is 0.373 e. The normalized spacial score (nSPS) is 18.8. The number of amides is 1. The molecule has 0 radical (unpaired) electrons. The number of piperidine rings is 1. The van der Waals surface area contributed by atoms with E-state index < -0.39 is 0 Å². The number of aliphatic hydroxyl groups is 1. The SMILES string of the molecule is Cc1cc(CO)ccc1/C=C/C(=O)N1CCC2(CC1)CC(C)c1cccc(Cl)c12.O=C=O. The van der Waals surface area contributed by atoms with E-state index in [9.17, 15) is 9.90 Å². The molecule has 1 saturated heterocycles. The number of hydrogen-bond acceptors (Lipinski definition) is 4. The Balaban J connectivity index is 0.000000913. The summed E-state index contributed by atoms with van der Waals surface area (Å²) in [5, 5.41) is 10.1. The molecule has 0 bridgehead atoms. The van der Waals surface area contributed by atoms with Gasteiger partial charge in [0.2, 0.25) is 5.91 Å². The summed E-state index contributed by atoms with van der Waals surface area (Å²) in [5.41, 5.74) is 5.79. The second-order valence-corrected chi connectivity index (χ2v) is 9.09. The van der Waals surface area contributed by atoms with E-state index in [0.717, 1.165) is 54.1 Å². The van der Waals surface area contributed by atoms with Gasteiger partial charge in [0, 0.05) is 29.6 Å². The van der Waals surface area contributed by atoms with Crippen LogP contribution in [0.5, 0.6) is 0 Å². The standard InChI is InChI=1S/C25H28ClNO2.CO2/c1-17-14-19(16-28)6-7-20(17)8-9-23(29)27-12-10-25(11-13-27)15-18(2)21-4-3-5-22(26)24(21)25;2-1-3/h3-9,14,18,28H,10-13,15-16H2,1-2H3;/b9-8+;. The first-order valence-electron chi connectivity index (χ1n) is 10.8. The molecule has 1 amide bonds. The molecule has 1 heterocycles. The van der Waals surface area contributed by atoms with Crippen molar-refractivity contribution in [2.24, 2.45) is 0 Å². The molecular weight excluding hydrogens is 426 g/mol. The van der Waals surface area contributed by atoms with Gasteiger partial charge in [0.25, 0.3) is 0 Å². The van der Waals surface area contributed by atoms with Gasteiger partial charge in [-0.15, -0.1) is 0 Å². The van der Waals surface area contributed by atoms with Crippen molar-refractivity contribution in [3.63, 3.8) is 0 Å². The Morgan fingerprint density at radius 3 is 2.56 bits per heavy atom. The average Bonchev–Trinajstić information content (AvgIpc) is 3.06. The summed E-state index contributed by atoms with van der Waals surface area (Å²) in [6.07, 6.45) is 6.88. The molecule has 1 spiro atoms. The number of nitrogens with zero attached hydrogens (tertiary/aromatic N) is 1. The molecule has 2 aromatic carbocycles. The lowest BCUT2D eigenvalue weighted by atomic mass is 9.73. The third-order valence-corrected chi connectivity index (χ3v) is 7.07. The number of carbonyl (C=O) groups excluding carboxylic acids is 3. The minimum absolute atomic E-state index is 0.0328. The molecule has 4 rings (SSSR count). The highest BCUT2D eigenvalue weighted by atomic mass is 35.5. The van der Waals surface area contributed by atoms with Crippen molar-refractivity contribution in [3.8, 4) is 0 Å². The zero-order valence-corrected chi connectivity index (χ0v) is 19.2. The van der Waals surface area contributed by atoms with Crippen molar-refractivity contribution in [2.75, 3.05) is 13.1 Å². The molecule has 32 heavy (non-hydrogen) atoms. The predicted octanol–water partition coefficient (Wildman–Crippen LogP) is 4.64. The summed E-state index contributed by atoms with van der Waals surface area (Å²) < 4.78 is 0. The van der Waals surface area contributed by atoms with Crippen LogP contribution in [-0.4, -0.2) is 35.2 Å². The summed E-state index contributed by atoms with van der Waals surface area (Å²) in [4.78, 5) is 31.0. The Morgan fingerprint density at radius 2 is 1.94 bits per heavy atom. The number of carbonyl (C=O) groups is 1. The van der Waals surface area contributed by atoms with E-state index in [1.807, 2.05) is 42.2 Å². The predicted molar refractivity (Wildman–Crippen MR) is 123 cm³/mol. The summed E-state index contributed by atoms with van der Waals surface area (Å²) in [6, 6.07) is 12.1. The van der Waals surface area contributed by atoms with Gasteiger partial charge in [0.15, 0.2) is 0 Å². The van der Waals surface area contributed by atoms with Gasteiger partial charge in [-0.05, 0) is 72.1 Å². The summed E-state index contributed by atoms with van der Waals surface area (Å²) in [7, 11) is 0. The van der Waals surface area contributed by atoms with Crippen molar-refractivity contribution in [2.45, 2.75) is 51.0 Å². The van der Waals surface area contributed by atoms with Crippen LogP contribution in [0, 0.1) is 6.92 Å². The molecule has 2 aliphatic rings. The van der Waals surface area contributed by atoms with Crippen LogP contribution in [0.2, 0.25) is 5.02 Å². The summed E-state index contributed by atoms with van der Waals surface area (Å²) >= 11 is 6.60. The molecule has 0 saturated carbocycles. The van der Waals surface area contributed by atoms with Gasteiger partial charge in [0.05, 0.1) is 6.61 Å². The lowest BCUT2D eigenvalue weighted by Gasteiger charge is -2.40. The zero-order chi connectivity index (χ0) is 23.3. The first-order valence-corrected chi connectivity index (χ1v) is 11.2. The van der Waals surface area contributed by atoms with Crippen molar-refractivity contribution in [1.29, 1.82) is 0 Å². The lowest BCUT2D eigenvalue weighted by Crippen LogP contribution is -2.44. The second-order valence-electron chi connectivity index (χ2n) is 8.68. The maximum Gasteiger partial charge on any atom is 0.373 e. The molecule has 1 fully saturated rings. The van der Waals surface area contributed by atoms with Gasteiger partial charge < -0.3 is 10.0 Å². The third kappa shape index (κ3) is 4.86. The Kier molecular flexibility index (Phi) is 7.68. The highest BCUT2D eigenvalue weighted by Gasteiger charge is 2.45. The van der Waals surface area contributed by atoms with E-state index in [4.69, 9.17) is 21.2 Å². The Bertz CT molecular complexity index is 1050. The molecule has 5 nitrogen and oxygen atoms in total. The molecular formula is C26H28ClNO4. The van der Waals surface area contributed by atoms with Crippen molar-refractivity contribution >= 4 is 29.7 Å². The van der Waals surface area contributed by atoms with E-state index in [1.54, 1.807) is 6.08 Å². The fraction of sp³-hybridized carbons (Fsp3) is 0.385. The highest BCUT2D eigenvalue weighted by Crippen LogP contribution is 2.53. The van der Waals surface area contributed by atoms with E-state index in [1.165, 1.54) is 11.1 Å². The first kappa shape index (κ1) is 23.9. The maximum atomic E-state index is 12.8. The maximum absolute atomic E-state index is 12.8. The number of halogens is 1. The zero-order valence-electron chi connectivity index (χ0n) is 18.4. The van der Waals surface area contributed by atoms with Crippen LogP contribution in [0.15, 0.2) is 42.5 Å². The number of rotatable bonds is 3.